The molecule has 0 bridgehead atoms. The number of hydrogen-bond acceptors (Lipinski definition) is 3. The van der Waals surface area contributed by atoms with E-state index in [1.54, 1.807) is 0 Å². The van der Waals surface area contributed by atoms with Gasteiger partial charge in [0.15, 0.2) is 0 Å². The molecule has 0 saturated heterocycles. The van der Waals surface area contributed by atoms with Crippen molar-refractivity contribution in [3.63, 3.8) is 0 Å². The summed E-state index contributed by atoms with van der Waals surface area (Å²) >= 11 is 0. The van der Waals surface area contributed by atoms with Crippen LogP contribution in [0.1, 0.15) is 29.6 Å². The SMILES string of the molecule is Cc1cc(CNC(C)Cn2ccnc2C)cnc1C. The van der Waals surface area contributed by atoms with Gasteiger partial charge < -0.3 is 9.88 Å². The van der Waals surface area contributed by atoms with Gasteiger partial charge in [-0.15, -0.1) is 0 Å². The molecular weight excluding hydrogens is 236 g/mol. The number of rotatable bonds is 5. The van der Waals surface area contributed by atoms with Gasteiger partial charge in [0.2, 0.25) is 0 Å². The lowest BCUT2D eigenvalue weighted by atomic mass is 10.1. The van der Waals surface area contributed by atoms with Crippen molar-refractivity contribution in [2.24, 2.45) is 0 Å². The predicted molar refractivity (Wildman–Crippen MR) is 77.0 cm³/mol. The number of hydrogen-bond donors (Lipinski definition) is 1. The van der Waals surface area contributed by atoms with E-state index in [1.807, 2.05) is 32.4 Å². The van der Waals surface area contributed by atoms with E-state index in [1.165, 1.54) is 11.1 Å². The van der Waals surface area contributed by atoms with Gasteiger partial charge >= 0.3 is 0 Å². The zero-order chi connectivity index (χ0) is 13.8. The van der Waals surface area contributed by atoms with Crippen molar-refractivity contribution in [1.82, 2.24) is 19.9 Å². The van der Waals surface area contributed by atoms with E-state index in [-0.39, 0.29) is 0 Å². The Morgan fingerprint density at radius 3 is 2.68 bits per heavy atom. The Morgan fingerprint density at radius 1 is 1.26 bits per heavy atom. The molecule has 1 N–H and O–H groups in total. The topological polar surface area (TPSA) is 42.7 Å². The first kappa shape index (κ1) is 13.7. The predicted octanol–water partition coefficient (Wildman–Crippen LogP) is 2.38. The summed E-state index contributed by atoms with van der Waals surface area (Å²) in [5.74, 6) is 1.06. The zero-order valence-corrected chi connectivity index (χ0v) is 12.1. The zero-order valence-electron chi connectivity index (χ0n) is 12.1. The molecule has 0 spiro atoms. The molecule has 4 nitrogen and oxygen atoms in total. The van der Waals surface area contributed by atoms with Crippen LogP contribution in [0.5, 0.6) is 0 Å². The van der Waals surface area contributed by atoms with Crippen LogP contribution in [0.3, 0.4) is 0 Å². The molecule has 0 aliphatic rings. The van der Waals surface area contributed by atoms with Crippen LogP contribution >= 0.6 is 0 Å². The van der Waals surface area contributed by atoms with Crippen LogP contribution in [0.15, 0.2) is 24.7 Å². The first-order valence-electron chi connectivity index (χ1n) is 6.69. The van der Waals surface area contributed by atoms with Crippen molar-refractivity contribution in [2.45, 2.75) is 46.8 Å². The number of pyridine rings is 1. The molecule has 2 heterocycles. The highest BCUT2D eigenvalue weighted by molar-refractivity contribution is 5.22. The fraction of sp³-hybridized carbons (Fsp3) is 0.467. The summed E-state index contributed by atoms with van der Waals surface area (Å²) in [5, 5.41) is 3.52. The lowest BCUT2D eigenvalue weighted by molar-refractivity contribution is 0.470. The molecule has 0 fully saturated rings. The van der Waals surface area contributed by atoms with Crippen molar-refractivity contribution in [1.29, 1.82) is 0 Å². The lowest BCUT2D eigenvalue weighted by Gasteiger charge is -2.15. The van der Waals surface area contributed by atoms with Crippen molar-refractivity contribution in [3.05, 3.63) is 47.3 Å². The maximum absolute atomic E-state index is 4.39. The third-order valence-electron chi connectivity index (χ3n) is 3.45. The molecule has 2 rings (SSSR count). The number of aromatic nitrogens is 3. The molecule has 0 aromatic carbocycles. The Morgan fingerprint density at radius 2 is 2.05 bits per heavy atom. The van der Waals surface area contributed by atoms with Crippen molar-refractivity contribution >= 4 is 0 Å². The number of nitrogens with one attached hydrogen (secondary N) is 1. The first-order chi connectivity index (χ1) is 9.06. The highest BCUT2D eigenvalue weighted by atomic mass is 15.1. The summed E-state index contributed by atoms with van der Waals surface area (Å²) in [6.07, 6.45) is 5.81. The smallest absolute Gasteiger partial charge is 0.105 e. The number of nitrogens with zero attached hydrogens (tertiary/aromatic N) is 3. The van der Waals surface area contributed by atoms with Gasteiger partial charge in [0.05, 0.1) is 0 Å². The van der Waals surface area contributed by atoms with Gasteiger partial charge in [-0.25, -0.2) is 4.98 Å². The van der Waals surface area contributed by atoms with Crippen molar-refractivity contribution in [2.75, 3.05) is 0 Å². The second-order valence-electron chi connectivity index (χ2n) is 5.15. The molecule has 0 saturated carbocycles. The van der Waals surface area contributed by atoms with Gasteiger partial charge in [-0.3, -0.25) is 4.98 Å². The maximum Gasteiger partial charge on any atom is 0.105 e. The molecule has 0 aliphatic carbocycles. The van der Waals surface area contributed by atoms with E-state index in [9.17, 15) is 0 Å². The summed E-state index contributed by atoms with van der Waals surface area (Å²) in [4.78, 5) is 8.63. The fourth-order valence-electron chi connectivity index (χ4n) is 2.05. The molecule has 1 unspecified atom stereocenters. The van der Waals surface area contributed by atoms with Crippen LogP contribution in [0.25, 0.3) is 0 Å². The van der Waals surface area contributed by atoms with E-state index >= 15 is 0 Å². The van der Waals surface area contributed by atoms with E-state index < -0.39 is 0 Å². The molecule has 0 radical (unpaired) electrons. The third-order valence-corrected chi connectivity index (χ3v) is 3.45. The van der Waals surface area contributed by atoms with Crippen LogP contribution in [0, 0.1) is 20.8 Å². The summed E-state index contributed by atoms with van der Waals surface area (Å²) in [7, 11) is 0. The van der Waals surface area contributed by atoms with Gasteiger partial charge in [-0.1, -0.05) is 6.07 Å². The standard InChI is InChI=1S/C15H22N4/c1-11-7-15(9-18-13(11)3)8-17-12(2)10-19-6-5-16-14(19)4/h5-7,9,12,17H,8,10H2,1-4H3. The summed E-state index contributed by atoms with van der Waals surface area (Å²) in [6, 6.07) is 2.60. The number of imidazole rings is 1. The minimum Gasteiger partial charge on any atom is -0.334 e. The van der Waals surface area contributed by atoms with Crippen LogP contribution in [-0.4, -0.2) is 20.6 Å². The molecule has 2 aromatic heterocycles. The Kier molecular flexibility index (Phi) is 4.32. The minimum absolute atomic E-state index is 0.398. The van der Waals surface area contributed by atoms with Gasteiger partial charge in [-0.05, 0) is 38.8 Å². The van der Waals surface area contributed by atoms with E-state index in [4.69, 9.17) is 0 Å². The highest BCUT2D eigenvalue weighted by Gasteiger charge is 2.05. The molecule has 0 amide bonds. The average molecular weight is 258 g/mol. The fourth-order valence-corrected chi connectivity index (χ4v) is 2.05. The van der Waals surface area contributed by atoms with Gasteiger partial charge in [0, 0.05) is 43.4 Å². The van der Waals surface area contributed by atoms with Crippen molar-refractivity contribution in [3.8, 4) is 0 Å². The Bertz CT molecular complexity index is 545. The van der Waals surface area contributed by atoms with Crippen molar-refractivity contribution < 1.29 is 0 Å². The van der Waals surface area contributed by atoms with E-state index in [0.29, 0.717) is 6.04 Å². The Balaban J connectivity index is 1.88. The van der Waals surface area contributed by atoms with Gasteiger partial charge in [0.25, 0.3) is 0 Å². The van der Waals surface area contributed by atoms with Gasteiger partial charge in [0.1, 0.15) is 5.82 Å². The molecule has 0 aliphatic heterocycles. The quantitative estimate of drug-likeness (QED) is 0.895. The Hall–Kier alpha value is -1.68. The summed E-state index contributed by atoms with van der Waals surface area (Å²) in [5.41, 5.74) is 3.58. The first-order valence-corrected chi connectivity index (χ1v) is 6.69. The second-order valence-corrected chi connectivity index (χ2v) is 5.15. The molecular formula is C15H22N4. The largest absolute Gasteiger partial charge is 0.334 e. The highest BCUT2D eigenvalue weighted by Crippen LogP contribution is 2.06. The second kappa shape index (κ2) is 5.97. The van der Waals surface area contributed by atoms with Gasteiger partial charge in [-0.2, -0.15) is 0 Å². The molecule has 1 atom stereocenters. The monoisotopic (exact) mass is 258 g/mol. The summed E-state index contributed by atoms with van der Waals surface area (Å²) in [6.45, 7) is 10.1. The third kappa shape index (κ3) is 3.64. The Labute approximate surface area is 114 Å². The molecule has 4 heteroatoms. The number of aryl methyl sites for hydroxylation is 3. The molecule has 102 valence electrons. The van der Waals surface area contributed by atoms with E-state index in [2.05, 4.69) is 39.8 Å². The van der Waals surface area contributed by atoms with Crippen LogP contribution in [0.2, 0.25) is 0 Å². The van der Waals surface area contributed by atoms with Crippen LogP contribution in [-0.2, 0) is 13.1 Å². The van der Waals surface area contributed by atoms with Crippen LogP contribution < -0.4 is 5.32 Å². The normalized spacial score (nSPS) is 12.6. The minimum atomic E-state index is 0.398. The molecule has 2 aromatic rings. The maximum atomic E-state index is 4.39. The van der Waals surface area contributed by atoms with Crippen LogP contribution in [0.4, 0.5) is 0 Å². The average Bonchev–Trinajstić information content (AvgIpc) is 2.77. The lowest BCUT2D eigenvalue weighted by Crippen LogP contribution is -2.30. The molecule has 19 heavy (non-hydrogen) atoms. The summed E-state index contributed by atoms with van der Waals surface area (Å²) < 4.78 is 2.16. The van der Waals surface area contributed by atoms with E-state index in [0.717, 1.165) is 24.6 Å².